The van der Waals surface area contributed by atoms with Crippen LogP contribution in [0.3, 0.4) is 0 Å². The molecule has 1 atom stereocenters. The Morgan fingerprint density at radius 1 is 1.56 bits per heavy atom. The van der Waals surface area contributed by atoms with Gasteiger partial charge in [0.05, 0.1) is 5.92 Å². The molecule has 2 rings (SSSR count). The van der Waals surface area contributed by atoms with Crippen LogP contribution < -0.4 is 10.6 Å². The first-order valence-electron chi connectivity index (χ1n) is 5.80. The van der Waals surface area contributed by atoms with Crippen LogP contribution in [0.1, 0.15) is 29.5 Å². The number of carbonyl (C=O) groups excluding carboxylic acids is 1. The predicted molar refractivity (Wildman–Crippen MR) is 64.3 cm³/mol. The molecule has 1 aliphatic rings. The Morgan fingerprint density at radius 2 is 2.38 bits per heavy atom. The molecule has 1 aliphatic heterocycles. The summed E-state index contributed by atoms with van der Waals surface area (Å²) in [5.74, 6) is 0.0881. The normalized spacial score (nSPS) is 19.0. The lowest BCUT2D eigenvalue weighted by Crippen LogP contribution is -2.38. The number of benzene rings is 1. The van der Waals surface area contributed by atoms with Crippen molar-refractivity contribution in [3.8, 4) is 0 Å². The summed E-state index contributed by atoms with van der Waals surface area (Å²) in [6.07, 6.45) is 0. The van der Waals surface area contributed by atoms with E-state index in [-0.39, 0.29) is 11.8 Å². The van der Waals surface area contributed by atoms with E-state index >= 15 is 0 Å². The Bertz CT molecular complexity index is 401. The van der Waals surface area contributed by atoms with Gasteiger partial charge in [0, 0.05) is 19.6 Å². The summed E-state index contributed by atoms with van der Waals surface area (Å²) in [6.45, 7) is 6.31. The Kier molecular flexibility index (Phi) is 3.25. The van der Waals surface area contributed by atoms with Crippen LogP contribution in [0, 0.1) is 6.92 Å². The first-order valence-corrected chi connectivity index (χ1v) is 5.80. The second-order valence-electron chi connectivity index (χ2n) is 4.28. The average Bonchev–Trinajstić information content (AvgIpc) is 2.28. The van der Waals surface area contributed by atoms with Gasteiger partial charge in [0.1, 0.15) is 0 Å². The lowest BCUT2D eigenvalue weighted by Gasteiger charge is -2.25. The fraction of sp³-hybridized carbons (Fsp3) is 0.462. The Hall–Kier alpha value is -1.35. The molecule has 3 heteroatoms. The summed E-state index contributed by atoms with van der Waals surface area (Å²) in [5, 5.41) is 6.19. The quantitative estimate of drug-likeness (QED) is 0.786. The first kappa shape index (κ1) is 11.1. The minimum atomic E-state index is -0.0383. The summed E-state index contributed by atoms with van der Waals surface area (Å²) in [5.41, 5.74) is 3.65. The summed E-state index contributed by atoms with van der Waals surface area (Å²) in [6, 6.07) is 6.35. The maximum atomic E-state index is 11.9. The van der Waals surface area contributed by atoms with Gasteiger partial charge in [0.25, 0.3) is 0 Å². The highest BCUT2D eigenvalue weighted by molar-refractivity contribution is 5.84. The molecular weight excluding hydrogens is 200 g/mol. The van der Waals surface area contributed by atoms with Crippen LogP contribution in [0.15, 0.2) is 18.2 Å². The summed E-state index contributed by atoms with van der Waals surface area (Å²) < 4.78 is 0. The fourth-order valence-electron chi connectivity index (χ4n) is 2.19. The van der Waals surface area contributed by atoms with Crippen molar-refractivity contribution in [1.29, 1.82) is 0 Å². The number of rotatable bonds is 2. The van der Waals surface area contributed by atoms with Gasteiger partial charge in [-0.05, 0) is 25.0 Å². The monoisotopic (exact) mass is 218 g/mol. The second kappa shape index (κ2) is 4.66. The van der Waals surface area contributed by atoms with E-state index in [2.05, 4.69) is 35.8 Å². The molecule has 1 unspecified atom stereocenters. The van der Waals surface area contributed by atoms with Crippen LogP contribution >= 0.6 is 0 Å². The van der Waals surface area contributed by atoms with E-state index in [1.807, 2.05) is 6.92 Å². The lowest BCUT2D eigenvalue weighted by atomic mass is 9.89. The van der Waals surface area contributed by atoms with Gasteiger partial charge in [0.15, 0.2) is 0 Å². The van der Waals surface area contributed by atoms with Gasteiger partial charge >= 0.3 is 0 Å². The van der Waals surface area contributed by atoms with Gasteiger partial charge < -0.3 is 10.6 Å². The standard InChI is InChI=1S/C13H18N2O/c1-3-15-13(16)12-8-14-7-10-5-4-9(2)6-11(10)12/h4-6,12,14H,3,7-8H2,1-2H3,(H,15,16). The molecule has 1 amide bonds. The molecule has 0 saturated carbocycles. The zero-order valence-corrected chi connectivity index (χ0v) is 9.84. The number of carbonyl (C=O) groups is 1. The zero-order valence-electron chi connectivity index (χ0n) is 9.84. The molecule has 0 aromatic heterocycles. The molecule has 0 spiro atoms. The molecule has 0 radical (unpaired) electrons. The van der Waals surface area contributed by atoms with Gasteiger partial charge in [-0.2, -0.15) is 0 Å². The van der Waals surface area contributed by atoms with E-state index in [4.69, 9.17) is 0 Å². The number of hydrogen-bond acceptors (Lipinski definition) is 2. The van der Waals surface area contributed by atoms with E-state index in [9.17, 15) is 4.79 Å². The van der Waals surface area contributed by atoms with Gasteiger partial charge in [-0.25, -0.2) is 0 Å². The molecule has 3 nitrogen and oxygen atoms in total. The third kappa shape index (κ3) is 2.09. The maximum absolute atomic E-state index is 11.9. The average molecular weight is 218 g/mol. The van der Waals surface area contributed by atoms with Crippen molar-refractivity contribution in [2.24, 2.45) is 0 Å². The van der Waals surface area contributed by atoms with Crippen molar-refractivity contribution >= 4 is 5.91 Å². The molecule has 0 bridgehead atoms. The smallest absolute Gasteiger partial charge is 0.228 e. The van der Waals surface area contributed by atoms with Crippen molar-refractivity contribution in [2.75, 3.05) is 13.1 Å². The van der Waals surface area contributed by atoms with Crippen LogP contribution in [0.25, 0.3) is 0 Å². The number of nitrogens with one attached hydrogen (secondary N) is 2. The van der Waals surface area contributed by atoms with Crippen LogP contribution in [0.4, 0.5) is 0 Å². The molecule has 16 heavy (non-hydrogen) atoms. The highest BCUT2D eigenvalue weighted by Gasteiger charge is 2.25. The highest BCUT2D eigenvalue weighted by Crippen LogP contribution is 2.25. The summed E-state index contributed by atoms with van der Waals surface area (Å²) in [7, 11) is 0. The summed E-state index contributed by atoms with van der Waals surface area (Å²) >= 11 is 0. The third-order valence-electron chi connectivity index (χ3n) is 3.01. The molecular formula is C13H18N2O. The Morgan fingerprint density at radius 3 is 3.12 bits per heavy atom. The highest BCUT2D eigenvalue weighted by atomic mass is 16.1. The molecule has 86 valence electrons. The van der Waals surface area contributed by atoms with Gasteiger partial charge in [-0.15, -0.1) is 0 Å². The van der Waals surface area contributed by atoms with Crippen LogP contribution in [0.5, 0.6) is 0 Å². The fourth-order valence-corrected chi connectivity index (χ4v) is 2.19. The number of aryl methyl sites for hydroxylation is 1. The molecule has 1 aromatic rings. The molecule has 1 heterocycles. The number of amides is 1. The lowest BCUT2D eigenvalue weighted by molar-refractivity contribution is -0.122. The second-order valence-corrected chi connectivity index (χ2v) is 4.28. The molecule has 0 aliphatic carbocycles. The Balaban J connectivity index is 2.31. The number of likely N-dealkylation sites (N-methyl/N-ethyl adjacent to an activating group) is 1. The first-order chi connectivity index (χ1) is 7.72. The molecule has 1 aromatic carbocycles. The van der Waals surface area contributed by atoms with Crippen molar-refractivity contribution in [3.05, 3.63) is 34.9 Å². The van der Waals surface area contributed by atoms with Crippen LogP contribution in [-0.2, 0) is 11.3 Å². The van der Waals surface area contributed by atoms with E-state index in [1.165, 1.54) is 16.7 Å². The van der Waals surface area contributed by atoms with E-state index in [0.29, 0.717) is 6.54 Å². The largest absolute Gasteiger partial charge is 0.356 e. The minimum Gasteiger partial charge on any atom is -0.356 e. The molecule has 0 fully saturated rings. The molecule has 2 N–H and O–H groups in total. The van der Waals surface area contributed by atoms with Crippen molar-refractivity contribution in [1.82, 2.24) is 10.6 Å². The van der Waals surface area contributed by atoms with Crippen molar-refractivity contribution in [2.45, 2.75) is 26.3 Å². The van der Waals surface area contributed by atoms with Crippen molar-refractivity contribution < 1.29 is 4.79 Å². The predicted octanol–water partition coefficient (Wildman–Crippen LogP) is 1.32. The zero-order chi connectivity index (χ0) is 11.5. The minimum absolute atomic E-state index is 0.0383. The maximum Gasteiger partial charge on any atom is 0.228 e. The molecule has 0 saturated heterocycles. The SMILES string of the molecule is CCNC(=O)C1CNCc2ccc(C)cc21. The summed E-state index contributed by atoms with van der Waals surface area (Å²) in [4.78, 5) is 11.9. The van der Waals surface area contributed by atoms with Crippen LogP contribution in [-0.4, -0.2) is 19.0 Å². The topological polar surface area (TPSA) is 41.1 Å². The van der Waals surface area contributed by atoms with E-state index in [0.717, 1.165) is 13.1 Å². The van der Waals surface area contributed by atoms with Crippen molar-refractivity contribution in [3.63, 3.8) is 0 Å². The van der Waals surface area contributed by atoms with Gasteiger partial charge in [0.2, 0.25) is 5.91 Å². The van der Waals surface area contributed by atoms with Crippen LogP contribution in [0.2, 0.25) is 0 Å². The number of hydrogen-bond donors (Lipinski definition) is 2. The van der Waals surface area contributed by atoms with E-state index < -0.39 is 0 Å². The van der Waals surface area contributed by atoms with Gasteiger partial charge in [-0.3, -0.25) is 4.79 Å². The third-order valence-corrected chi connectivity index (χ3v) is 3.01. The van der Waals surface area contributed by atoms with E-state index in [1.54, 1.807) is 0 Å². The number of fused-ring (bicyclic) bond motifs is 1. The Labute approximate surface area is 96.2 Å². The van der Waals surface area contributed by atoms with Gasteiger partial charge in [-0.1, -0.05) is 23.8 Å².